The van der Waals surface area contributed by atoms with E-state index in [2.05, 4.69) is 0 Å². The van der Waals surface area contributed by atoms with Gasteiger partial charge in [-0.1, -0.05) is 34.8 Å². The SMILES string of the molecule is CC(=O)CCCCOc1cc(Cl)c(Cl)cc1Cl. The van der Waals surface area contributed by atoms with Crippen molar-refractivity contribution in [2.45, 2.75) is 26.2 Å². The predicted octanol–water partition coefficient (Wildman–Crippen LogP) is 4.78. The maximum absolute atomic E-state index is 10.7. The number of Topliss-reactive ketones (excluding diaryl/α,β-unsaturated/α-hetero) is 1. The fraction of sp³-hybridized carbons (Fsp3) is 0.417. The average Bonchev–Trinajstić information content (AvgIpc) is 2.24. The number of carbonyl (C=O) groups excluding carboxylic acids is 1. The minimum Gasteiger partial charge on any atom is -0.492 e. The summed E-state index contributed by atoms with van der Waals surface area (Å²) in [6.07, 6.45) is 2.20. The van der Waals surface area contributed by atoms with Crippen LogP contribution in [-0.2, 0) is 4.79 Å². The van der Waals surface area contributed by atoms with E-state index in [-0.39, 0.29) is 5.78 Å². The lowest BCUT2D eigenvalue weighted by molar-refractivity contribution is -0.117. The molecule has 0 aliphatic heterocycles. The molecule has 0 saturated carbocycles. The Morgan fingerprint density at radius 1 is 1.12 bits per heavy atom. The summed E-state index contributed by atoms with van der Waals surface area (Å²) in [5.41, 5.74) is 0. The quantitative estimate of drug-likeness (QED) is 0.557. The lowest BCUT2D eigenvalue weighted by Gasteiger charge is -2.08. The molecular weight excluding hydrogens is 282 g/mol. The predicted molar refractivity (Wildman–Crippen MR) is 71.5 cm³/mol. The van der Waals surface area contributed by atoms with E-state index in [0.29, 0.717) is 33.8 Å². The molecule has 0 heterocycles. The fourth-order valence-corrected chi connectivity index (χ4v) is 1.86. The summed E-state index contributed by atoms with van der Waals surface area (Å²) in [6.45, 7) is 2.08. The molecule has 17 heavy (non-hydrogen) atoms. The van der Waals surface area contributed by atoms with Crippen LogP contribution in [0.2, 0.25) is 15.1 Å². The molecule has 0 N–H and O–H groups in total. The van der Waals surface area contributed by atoms with Crippen LogP contribution < -0.4 is 4.74 Å². The number of benzene rings is 1. The fourth-order valence-electron chi connectivity index (χ4n) is 1.27. The standard InChI is InChI=1S/C12H13Cl3O2/c1-8(16)4-2-3-5-17-12-7-10(14)9(13)6-11(12)15/h6-7H,2-5H2,1H3. The van der Waals surface area contributed by atoms with E-state index in [1.807, 2.05) is 0 Å². The number of hydrogen-bond acceptors (Lipinski definition) is 2. The van der Waals surface area contributed by atoms with Crippen molar-refractivity contribution in [2.24, 2.45) is 0 Å². The Balaban J connectivity index is 2.41. The summed E-state index contributed by atoms with van der Waals surface area (Å²) in [7, 11) is 0. The first-order chi connectivity index (χ1) is 8.00. The zero-order valence-electron chi connectivity index (χ0n) is 9.43. The molecule has 1 aromatic carbocycles. The van der Waals surface area contributed by atoms with Crippen LogP contribution in [0.5, 0.6) is 5.75 Å². The minimum atomic E-state index is 0.192. The van der Waals surface area contributed by atoms with E-state index in [1.165, 1.54) is 0 Å². The summed E-state index contributed by atoms with van der Waals surface area (Å²) in [6, 6.07) is 3.15. The molecule has 0 aliphatic rings. The van der Waals surface area contributed by atoms with Gasteiger partial charge in [0.15, 0.2) is 0 Å². The molecule has 0 radical (unpaired) electrons. The van der Waals surface area contributed by atoms with Gasteiger partial charge in [0.1, 0.15) is 11.5 Å². The molecule has 94 valence electrons. The normalized spacial score (nSPS) is 10.4. The molecule has 0 fully saturated rings. The molecular formula is C12H13Cl3O2. The number of ketones is 1. The van der Waals surface area contributed by atoms with Crippen LogP contribution in [-0.4, -0.2) is 12.4 Å². The molecule has 0 spiro atoms. The van der Waals surface area contributed by atoms with Gasteiger partial charge < -0.3 is 9.53 Å². The van der Waals surface area contributed by atoms with Gasteiger partial charge in [0.05, 0.1) is 21.7 Å². The Morgan fingerprint density at radius 3 is 2.41 bits per heavy atom. The van der Waals surface area contributed by atoms with Gasteiger partial charge in [-0.2, -0.15) is 0 Å². The van der Waals surface area contributed by atoms with Crippen LogP contribution in [0.1, 0.15) is 26.2 Å². The third-order valence-electron chi connectivity index (χ3n) is 2.16. The molecule has 0 saturated heterocycles. The van der Waals surface area contributed by atoms with E-state index in [0.717, 1.165) is 12.8 Å². The molecule has 0 amide bonds. The van der Waals surface area contributed by atoms with Crippen LogP contribution >= 0.6 is 34.8 Å². The second-order valence-corrected chi connectivity index (χ2v) is 4.93. The summed E-state index contributed by atoms with van der Waals surface area (Å²) in [5.74, 6) is 0.710. The molecule has 0 atom stereocenters. The van der Waals surface area contributed by atoms with E-state index in [9.17, 15) is 4.79 Å². The van der Waals surface area contributed by atoms with E-state index in [1.54, 1.807) is 19.1 Å². The highest BCUT2D eigenvalue weighted by Crippen LogP contribution is 2.33. The zero-order valence-corrected chi connectivity index (χ0v) is 11.7. The van der Waals surface area contributed by atoms with Crippen molar-refractivity contribution in [1.29, 1.82) is 0 Å². The third-order valence-corrected chi connectivity index (χ3v) is 3.17. The lowest BCUT2D eigenvalue weighted by atomic mass is 10.2. The molecule has 0 aliphatic carbocycles. The average molecular weight is 296 g/mol. The van der Waals surface area contributed by atoms with E-state index >= 15 is 0 Å². The number of hydrogen-bond donors (Lipinski definition) is 0. The van der Waals surface area contributed by atoms with Gasteiger partial charge in [0, 0.05) is 12.5 Å². The van der Waals surface area contributed by atoms with Gasteiger partial charge in [0.25, 0.3) is 0 Å². The van der Waals surface area contributed by atoms with Crippen LogP contribution in [0.15, 0.2) is 12.1 Å². The summed E-state index contributed by atoms with van der Waals surface area (Å²) in [5, 5.41) is 1.25. The molecule has 0 bridgehead atoms. The Hall–Kier alpha value is -0.440. The Morgan fingerprint density at radius 2 is 1.76 bits per heavy atom. The number of carbonyl (C=O) groups is 1. The van der Waals surface area contributed by atoms with Crippen molar-refractivity contribution >= 4 is 40.6 Å². The largest absolute Gasteiger partial charge is 0.492 e. The molecule has 1 aromatic rings. The first-order valence-corrected chi connectivity index (χ1v) is 6.41. The number of ether oxygens (including phenoxy) is 1. The minimum absolute atomic E-state index is 0.192. The first kappa shape index (κ1) is 14.6. The van der Waals surface area contributed by atoms with Crippen molar-refractivity contribution in [3.05, 3.63) is 27.2 Å². The highest BCUT2D eigenvalue weighted by molar-refractivity contribution is 6.43. The summed E-state index contributed by atoms with van der Waals surface area (Å²) < 4.78 is 5.47. The van der Waals surface area contributed by atoms with Crippen molar-refractivity contribution in [1.82, 2.24) is 0 Å². The molecule has 0 unspecified atom stereocenters. The van der Waals surface area contributed by atoms with Crippen molar-refractivity contribution in [2.75, 3.05) is 6.61 Å². The number of unbranched alkanes of at least 4 members (excludes halogenated alkanes) is 1. The number of halogens is 3. The van der Waals surface area contributed by atoms with Crippen LogP contribution in [0.3, 0.4) is 0 Å². The van der Waals surface area contributed by atoms with Crippen molar-refractivity contribution in [3.63, 3.8) is 0 Å². The molecule has 2 nitrogen and oxygen atoms in total. The second-order valence-electron chi connectivity index (χ2n) is 3.70. The Kier molecular flexibility index (Phi) is 6.10. The Bertz CT molecular complexity index is 405. The monoisotopic (exact) mass is 294 g/mol. The highest BCUT2D eigenvalue weighted by Gasteiger charge is 2.06. The molecule has 1 rings (SSSR count). The maximum Gasteiger partial charge on any atom is 0.139 e. The summed E-state index contributed by atoms with van der Waals surface area (Å²) in [4.78, 5) is 10.7. The lowest BCUT2D eigenvalue weighted by Crippen LogP contribution is -1.99. The van der Waals surface area contributed by atoms with Gasteiger partial charge in [-0.05, 0) is 25.8 Å². The van der Waals surface area contributed by atoms with Gasteiger partial charge in [-0.3, -0.25) is 0 Å². The first-order valence-electron chi connectivity index (χ1n) is 5.27. The summed E-state index contributed by atoms with van der Waals surface area (Å²) >= 11 is 17.6. The molecule has 0 aromatic heterocycles. The van der Waals surface area contributed by atoms with Gasteiger partial charge in [0.2, 0.25) is 0 Å². The van der Waals surface area contributed by atoms with Gasteiger partial charge >= 0.3 is 0 Å². The maximum atomic E-state index is 10.7. The van der Waals surface area contributed by atoms with Crippen molar-refractivity contribution < 1.29 is 9.53 Å². The topological polar surface area (TPSA) is 26.3 Å². The van der Waals surface area contributed by atoms with Crippen LogP contribution in [0, 0.1) is 0 Å². The van der Waals surface area contributed by atoms with Gasteiger partial charge in [-0.25, -0.2) is 0 Å². The molecule has 5 heteroatoms. The third kappa shape index (κ3) is 5.15. The van der Waals surface area contributed by atoms with E-state index in [4.69, 9.17) is 39.5 Å². The smallest absolute Gasteiger partial charge is 0.139 e. The van der Waals surface area contributed by atoms with E-state index < -0.39 is 0 Å². The number of rotatable bonds is 6. The van der Waals surface area contributed by atoms with Crippen LogP contribution in [0.4, 0.5) is 0 Å². The zero-order chi connectivity index (χ0) is 12.8. The Labute approximate surface area is 116 Å². The van der Waals surface area contributed by atoms with Gasteiger partial charge in [-0.15, -0.1) is 0 Å². The van der Waals surface area contributed by atoms with Crippen molar-refractivity contribution in [3.8, 4) is 5.75 Å². The highest BCUT2D eigenvalue weighted by atomic mass is 35.5. The second kappa shape index (κ2) is 7.10. The van der Waals surface area contributed by atoms with Crippen LogP contribution in [0.25, 0.3) is 0 Å².